The van der Waals surface area contributed by atoms with Crippen LogP contribution in [-0.2, 0) is 6.42 Å². The van der Waals surface area contributed by atoms with Gasteiger partial charge in [0.2, 0.25) is 5.88 Å². The third kappa shape index (κ3) is 7.27. The Morgan fingerprint density at radius 3 is 2.50 bits per heavy atom. The number of benzene rings is 2. The van der Waals surface area contributed by atoms with Crippen LogP contribution in [0.1, 0.15) is 17.4 Å². The molecule has 2 aromatic carbocycles. The van der Waals surface area contributed by atoms with Gasteiger partial charge in [-0.1, -0.05) is 41.1 Å². The molecule has 0 saturated heterocycles. The molecule has 0 fully saturated rings. The zero-order valence-electron chi connectivity index (χ0n) is 18.0. The Morgan fingerprint density at radius 2 is 1.84 bits per heavy atom. The Morgan fingerprint density at radius 1 is 1.12 bits per heavy atom. The summed E-state index contributed by atoms with van der Waals surface area (Å²) in [7, 11) is 1.93. The number of hydrogen-bond donors (Lipinski definition) is 3. The van der Waals surface area contributed by atoms with Crippen LogP contribution in [-0.4, -0.2) is 59.0 Å². The van der Waals surface area contributed by atoms with E-state index in [0.717, 1.165) is 22.6 Å². The number of likely N-dealkylation sites (N-methyl/N-ethyl adjacent to an activating group) is 1. The van der Waals surface area contributed by atoms with Crippen molar-refractivity contribution in [1.29, 1.82) is 0 Å². The second-order valence-corrected chi connectivity index (χ2v) is 9.13. The monoisotopic (exact) mass is 478 g/mol. The van der Waals surface area contributed by atoms with Crippen LogP contribution in [0.3, 0.4) is 0 Å². The Bertz CT molecular complexity index is 1050. The number of hydrogen-bond acceptors (Lipinski definition) is 7. The first-order valence-corrected chi connectivity index (χ1v) is 11.4. The average molecular weight is 479 g/mol. The van der Waals surface area contributed by atoms with Gasteiger partial charge in [-0.05, 0) is 49.9 Å². The van der Waals surface area contributed by atoms with Crippen molar-refractivity contribution < 1.29 is 19.7 Å². The molecule has 0 aliphatic carbocycles. The highest BCUT2D eigenvalue weighted by Crippen LogP contribution is 2.22. The number of aliphatic hydroxyl groups excluding tert-OH is 1. The second kappa shape index (κ2) is 11.4. The molecule has 32 heavy (non-hydrogen) atoms. The third-order valence-corrected chi connectivity index (χ3v) is 6.08. The summed E-state index contributed by atoms with van der Waals surface area (Å²) in [6.07, 6.45) is -0.176. The van der Waals surface area contributed by atoms with Gasteiger partial charge in [-0.25, -0.2) is 0 Å². The summed E-state index contributed by atoms with van der Waals surface area (Å²) < 4.78 is 11.5. The number of ether oxygens (including phenoxy) is 2. The molecule has 0 spiro atoms. The van der Waals surface area contributed by atoms with E-state index in [1.165, 1.54) is 0 Å². The molecule has 0 aliphatic rings. The topological polar surface area (TPSA) is 95.0 Å². The van der Waals surface area contributed by atoms with Crippen molar-refractivity contribution in [2.45, 2.75) is 25.5 Å². The van der Waals surface area contributed by atoms with Crippen LogP contribution in [0.5, 0.6) is 17.4 Å². The second-order valence-electron chi connectivity index (χ2n) is 7.63. The average Bonchev–Trinajstić information content (AvgIpc) is 3.08. The summed E-state index contributed by atoms with van der Waals surface area (Å²) in [5.41, 5.74) is 0.968. The van der Waals surface area contributed by atoms with Gasteiger partial charge in [-0.2, -0.15) is 0 Å². The lowest BCUT2D eigenvalue weighted by molar-refractivity contribution is 0.0568. The highest BCUT2D eigenvalue weighted by Gasteiger charge is 2.15. The molecule has 0 radical (unpaired) electrons. The SMILES string of the molecule is CC(COc1ccc(Cc2sc(=O)[nH]c2O)cc1)N(C)CC(O)COc1cccc(Cl)c1. The van der Waals surface area contributed by atoms with E-state index in [-0.39, 0.29) is 23.4 Å². The number of aliphatic hydroxyl groups is 1. The minimum absolute atomic E-state index is 0.0719. The van der Waals surface area contributed by atoms with E-state index < -0.39 is 6.10 Å². The van der Waals surface area contributed by atoms with Crippen LogP contribution in [0.15, 0.2) is 53.3 Å². The summed E-state index contributed by atoms with van der Waals surface area (Å²) in [5.74, 6) is 1.28. The zero-order valence-corrected chi connectivity index (χ0v) is 19.5. The van der Waals surface area contributed by atoms with Gasteiger partial charge in [0.25, 0.3) is 0 Å². The Labute approximate surface area is 195 Å². The molecule has 2 atom stereocenters. The van der Waals surface area contributed by atoms with Crippen LogP contribution < -0.4 is 14.3 Å². The fourth-order valence-corrected chi connectivity index (χ4v) is 3.96. The van der Waals surface area contributed by atoms with Crippen LogP contribution in [0.2, 0.25) is 5.02 Å². The minimum Gasteiger partial charge on any atom is -0.494 e. The van der Waals surface area contributed by atoms with Gasteiger partial charge < -0.3 is 19.7 Å². The van der Waals surface area contributed by atoms with Gasteiger partial charge in [-0.3, -0.25) is 14.7 Å². The van der Waals surface area contributed by atoms with Gasteiger partial charge in [0.15, 0.2) is 0 Å². The summed E-state index contributed by atoms with van der Waals surface area (Å²) >= 11 is 6.94. The molecule has 3 N–H and O–H groups in total. The van der Waals surface area contributed by atoms with Crippen molar-refractivity contribution in [1.82, 2.24) is 9.88 Å². The van der Waals surface area contributed by atoms with Gasteiger partial charge in [0, 0.05) is 24.0 Å². The van der Waals surface area contributed by atoms with Crippen LogP contribution in [0, 0.1) is 0 Å². The largest absolute Gasteiger partial charge is 0.494 e. The number of rotatable bonds is 11. The lowest BCUT2D eigenvalue weighted by Crippen LogP contribution is -2.41. The number of aromatic amines is 1. The molecule has 0 saturated carbocycles. The van der Waals surface area contributed by atoms with Crippen molar-refractivity contribution in [3.63, 3.8) is 0 Å². The Kier molecular flexibility index (Phi) is 8.58. The molecule has 1 heterocycles. The van der Waals surface area contributed by atoms with Gasteiger partial charge in [-0.15, -0.1) is 0 Å². The van der Waals surface area contributed by atoms with E-state index in [0.29, 0.717) is 35.2 Å². The van der Waals surface area contributed by atoms with E-state index in [1.807, 2.05) is 43.1 Å². The van der Waals surface area contributed by atoms with Crippen molar-refractivity contribution in [3.8, 4) is 17.4 Å². The first-order valence-electron chi connectivity index (χ1n) is 10.2. The lowest BCUT2D eigenvalue weighted by Gasteiger charge is -2.27. The first kappa shape index (κ1) is 24.1. The molecule has 1 aromatic heterocycles. The maximum Gasteiger partial charge on any atom is 0.307 e. The predicted molar refractivity (Wildman–Crippen MR) is 126 cm³/mol. The standard InChI is InChI=1S/C23H27ClN2O5S/c1-15(26(2)12-18(27)14-31-20-5-3-4-17(24)11-20)13-30-19-8-6-16(7-9-19)10-21-22(28)25-23(29)32-21/h3-9,11,15,18,27-28H,10,12-14H2,1-2H3,(H,25,29). The molecular formula is C23H27ClN2O5S. The molecule has 0 aliphatic heterocycles. The van der Waals surface area contributed by atoms with Crippen LogP contribution in [0.4, 0.5) is 0 Å². The maximum atomic E-state index is 11.3. The number of thiazole rings is 1. The summed E-state index contributed by atoms with van der Waals surface area (Å²) in [5, 5.41) is 20.6. The van der Waals surface area contributed by atoms with Gasteiger partial charge in [0.1, 0.15) is 30.8 Å². The summed E-state index contributed by atoms with van der Waals surface area (Å²) in [4.78, 5) is 16.0. The van der Waals surface area contributed by atoms with Gasteiger partial charge >= 0.3 is 4.87 Å². The fourth-order valence-electron chi connectivity index (χ4n) is 3.02. The predicted octanol–water partition coefficient (Wildman–Crippen LogP) is 3.53. The highest BCUT2D eigenvalue weighted by molar-refractivity contribution is 7.09. The molecule has 0 bridgehead atoms. The maximum absolute atomic E-state index is 11.3. The van der Waals surface area contributed by atoms with Crippen molar-refractivity contribution in [2.24, 2.45) is 0 Å². The molecule has 9 heteroatoms. The molecule has 3 aromatic rings. The number of H-pyrrole nitrogens is 1. The van der Waals surface area contributed by atoms with E-state index in [9.17, 15) is 15.0 Å². The van der Waals surface area contributed by atoms with Crippen molar-refractivity contribution in [3.05, 3.63) is 73.7 Å². The Hall–Kier alpha value is -2.52. The number of halogens is 1. The smallest absolute Gasteiger partial charge is 0.307 e. The van der Waals surface area contributed by atoms with E-state index in [4.69, 9.17) is 21.1 Å². The Balaban J connectivity index is 1.41. The lowest BCUT2D eigenvalue weighted by atomic mass is 10.1. The van der Waals surface area contributed by atoms with Crippen LogP contribution >= 0.6 is 22.9 Å². The molecule has 172 valence electrons. The number of nitrogens with zero attached hydrogens (tertiary/aromatic N) is 1. The van der Waals surface area contributed by atoms with Crippen LogP contribution in [0.25, 0.3) is 0 Å². The van der Waals surface area contributed by atoms with Crippen molar-refractivity contribution >= 4 is 22.9 Å². The van der Waals surface area contributed by atoms with E-state index in [2.05, 4.69) is 4.98 Å². The normalized spacial score (nSPS) is 13.2. The van der Waals surface area contributed by atoms with Gasteiger partial charge in [0.05, 0.1) is 4.88 Å². The first-order chi connectivity index (χ1) is 15.3. The van der Waals surface area contributed by atoms with E-state index >= 15 is 0 Å². The number of aromatic nitrogens is 1. The third-order valence-electron chi connectivity index (χ3n) is 4.97. The number of nitrogens with one attached hydrogen (secondary N) is 1. The highest BCUT2D eigenvalue weighted by atomic mass is 35.5. The number of aromatic hydroxyl groups is 1. The summed E-state index contributed by atoms with van der Waals surface area (Å²) in [6, 6.07) is 14.7. The fraction of sp³-hybridized carbons (Fsp3) is 0.348. The molecule has 7 nitrogen and oxygen atoms in total. The van der Waals surface area contributed by atoms with E-state index in [1.54, 1.807) is 24.3 Å². The molecule has 3 rings (SSSR count). The molecular weight excluding hydrogens is 452 g/mol. The summed E-state index contributed by atoms with van der Waals surface area (Å²) in [6.45, 7) is 3.09. The minimum atomic E-state index is -0.652. The molecule has 0 amide bonds. The zero-order chi connectivity index (χ0) is 23.1. The quantitative estimate of drug-likeness (QED) is 0.390. The van der Waals surface area contributed by atoms with Crippen molar-refractivity contribution in [2.75, 3.05) is 26.8 Å². The molecule has 2 unspecified atom stereocenters.